The molecule has 9 aromatic rings. The molecule has 9 aromatic carbocycles. The number of rotatable bonds is 7. The van der Waals surface area contributed by atoms with Gasteiger partial charge in [0.1, 0.15) is 11.5 Å². The zero-order valence-corrected chi connectivity index (χ0v) is 30.7. The Kier molecular flexibility index (Phi) is 8.55. The van der Waals surface area contributed by atoms with Crippen molar-refractivity contribution in [2.45, 2.75) is 0 Å². The molecule has 0 bridgehead atoms. The SMILES string of the molecule is c1ccc(-c2ccc(N(c3ccc(-c4ccccc4)cc3)c3cccc4c3-c3ccc(-c5ccccc5)cc3-c3ccc(-c5ccccc5)cc3O4)cc2)cc1. The van der Waals surface area contributed by atoms with Gasteiger partial charge in [-0.3, -0.25) is 0 Å². The number of fused-ring (bicyclic) bond motifs is 5. The van der Waals surface area contributed by atoms with Crippen molar-refractivity contribution in [3.8, 4) is 78.3 Å². The van der Waals surface area contributed by atoms with E-state index in [2.05, 4.69) is 229 Å². The molecule has 0 saturated heterocycles. The third-order valence-electron chi connectivity index (χ3n) is 10.7. The number of ether oxygens (including phenoxy) is 1. The summed E-state index contributed by atoms with van der Waals surface area (Å²) in [6, 6.07) is 79.9. The molecule has 1 aliphatic heterocycles. The van der Waals surface area contributed by atoms with Gasteiger partial charge in [-0.1, -0.05) is 170 Å². The molecule has 10 rings (SSSR count). The van der Waals surface area contributed by atoms with E-state index in [0.717, 1.165) is 67.5 Å². The molecule has 0 amide bonds. The average Bonchev–Trinajstić information content (AvgIpc) is 3.42. The van der Waals surface area contributed by atoms with Crippen molar-refractivity contribution in [1.29, 1.82) is 0 Å². The Bertz CT molecular complexity index is 2700. The van der Waals surface area contributed by atoms with Crippen molar-refractivity contribution in [3.05, 3.63) is 224 Å². The van der Waals surface area contributed by atoms with Gasteiger partial charge in [0.2, 0.25) is 0 Å². The second-order valence-electron chi connectivity index (χ2n) is 14.1. The number of benzene rings is 9. The van der Waals surface area contributed by atoms with Crippen LogP contribution in [0.5, 0.6) is 11.5 Å². The van der Waals surface area contributed by atoms with Gasteiger partial charge in [0.15, 0.2) is 0 Å². The van der Waals surface area contributed by atoms with Crippen LogP contribution in [0, 0.1) is 0 Å². The van der Waals surface area contributed by atoms with Crippen LogP contribution in [0.15, 0.2) is 224 Å². The van der Waals surface area contributed by atoms with Crippen LogP contribution in [0.4, 0.5) is 17.1 Å². The summed E-state index contributed by atoms with van der Waals surface area (Å²) in [4.78, 5) is 2.37. The van der Waals surface area contributed by atoms with E-state index >= 15 is 0 Å². The highest BCUT2D eigenvalue weighted by Crippen LogP contribution is 2.53. The highest BCUT2D eigenvalue weighted by atomic mass is 16.5. The fraction of sp³-hybridized carbons (Fsp3) is 0. The van der Waals surface area contributed by atoms with E-state index in [1.807, 2.05) is 0 Å². The Labute approximate surface area is 328 Å². The van der Waals surface area contributed by atoms with Gasteiger partial charge >= 0.3 is 0 Å². The van der Waals surface area contributed by atoms with Crippen molar-refractivity contribution in [3.63, 3.8) is 0 Å². The first-order valence-electron chi connectivity index (χ1n) is 19.1. The lowest BCUT2D eigenvalue weighted by atomic mass is 9.89. The van der Waals surface area contributed by atoms with Crippen molar-refractivity contribution >= 4 is 17.1 Å². The normalized spacial score (nSPS) is 11.4. The van der Waals surface area contributed by atoms with Gasteiger partial charge in [-0.05, 0) is 110 Å². The molecule has 0 fully saturated rings. The van der Waals surface area contributed by atoms with Gasteiger partial charge in [0.25, 0.3) is 0 Å². The molecule has 0 saturated carbocycles. The number of nitrogens with zero attached hydrogens (tertiary/aromatic N) is 1. The van der Waals surface area contributed by atoms with Gasteiger partial charge in [-0.2, -0.15) is 0 Å². The third kappa shape index (κ3) is 6.24. The van der Waals surface area contributed by atoms with Gasteiger partial charge < -0.3 is 9.64 Å². The minimum Gasteiger partial charge on any atom is -0.456 e. The van der Waals surface area contributed by atoms with Crippen LogP contribution in [-0.2, 0) is 0 Å². The molecule has 0 unspecified atom stereocenters. The number of hydrogen-bond donors (Lipinski definition) is 0. The minimum atomic E-state index is 0.812. The third-order valence-corrected chi connectivity index (χ3v) is 10.7. The van der Waals surface area contributed by atoms with E-state index < -0.39 is 0 Å². The Morgan fingerprint density at radius 2 is 0.679 bits per heavy atom. The minimum absolute atomic E-state index is 0.812. The fourth-order valence-electron chi connectivity index (χ4n) is 7.91. The highest BCUT2D eigenvalue weighted by Gasteiger charge is 2.27. The molecule has 56 heavy (non-hydrogen) atoms. The van der Waals surface area contributed by atoms with Crippen molar-refractivity contribution in [1.82, 2.24) is 0 Å². The molecule has 1 heterocycles. The second kappa shape index (κ2) is 14.4. The van der Waals surface area contributed by atoms with Crippen molar-refractivity contribution in [2.75, 3.05) is 4.90 Å². The monoisotopic (exact) mass is 715 g/mol. The van der Waals surface area contributed by atoms with E-state index in [4.69, 9.17) is 4.74 Å². The lowest BCUT2D eigenvalue weighted by Crippen LogP contribution is -2.11. The Hall–Kier alpha value is -7.42. The van der Waals surface area contributed by atoms with E-state index in [9.17, 15) is 0 Å². The van der Waals surface area contributed by atoms with E-state index in [1.54, 1.807) is 0 Å². The first-order valence-corrected chi connectivity index (χ1v) is 19.1. The maximum Gasteiger partial charge on any atom is 0.137 e. The highest BCUT2D eigenvalue weighted by molar-refractivity contribution is 6.00. The van der Waals surface area contributed by atoms with E-state index in [-0.39, 0.29) is 0 Å². The van der Waals surface area contributed by atoms with Crippen LogP contribution in [0.2, 0.25) is 0 Å². The van der Waals surface area contributed by atoms with Crippen LogP contribution < -0.4 is 9.64 Å². The van der Waals surface area contributed by atoms with Crippen molar-refractivity contribution < 1.29 is 4.74 Å². The lowest BCUT2D eigenvalue weighted by molar-refractivity contribution is 0.488. The molecule has 2 heteroatoms. The largest absolute Gasteiger partial charge is 0.456 e. The maximum absolute atomic E-state index is 7.08. The van der Waals surface area contributed by atoms with Crippen LogP contribution in [0.3, 0.4) is 0 Å². The fourth-order valence-corrected chi connectivity index (χ4v) is 7.91. The number of anilines is 3. The van der Waals surface area contributed by atoms with E-state index in [1.165, 1.54) is 27.8 Å². The zero-order valence-electron chi connectivity index (χ0n) is 30.7. The van der Waals surface area contributed by atoms with Gasteiger partial charge in [-0.25, -0.2) is 0 Å². The predicted molar refractivity (Wildman–Crippen MR) is 234 cm³/mol. The lowest BCUT2D eigenvalue weighted by Gasteiger charge is -2.29. The summed E-state index contributed by atoms with van der Waals surface area (Å²) in [5.74, 6) is 1.65. The summed E-state index contributed by atoms with van der Waals surface area (Å²) in [5, 5.41) is 0. The summed E-state index contributed by atoms with van der Waals surface area (Å²) in [7, 11) is 0. The van der Waals surface area contributed by atoms with Gasteiger partial charge in [0, 0.05) is 22.5 Å². The molecule has 0 aromatic heterocycles. The molecule has 0 aliphatic carbocycles. The smallest absolute Gasteiger partial charge is 0.137 e. The van der Waals surface area contributed by atoms with Crippen LogP contribution in [-0.4, -0.2) is 0 Å². The molecular formula is C54H37NO. The van der Waals surface area contributed by atoms with Gasteiger partial charge in [-0.15, -0.1) is 0 Å². The maximum atomic E-state index is 7.08. The summed E-state index contributed by atoms with van der Waals surface area (Å²) in [6.07, 6.45) is 0. The van der Waals surface area contributed by atoms with Gasteiger partial charge in [0.05, 0.1) is 5.69 Å². The summed E-state index contributed by atoms with van der Waals surface area (Å²) in [6.45, 7) is 0. The second-order valence-corrected chi connectivity index (χ2v) is 14.1. The average molecular weight is 716 g/mol. The molecule has 264 valence electrons. The topological polar surface area (TPSA) is 12.5 Å². The van der Waals surface area contributed by atoms with Crippen LogP contribution in [0.25, 0.3) is 66.8 Å². The number of hydrogen-bond acceptors (Lipinski definition) is 2. The zero-order chi connectivity index (χ0) is 37.3. The quantitative estimate of drug-likeness (QED) is 0.163. The first kappa shape index (κ1) is 33.2. The Morgan fingerprint density at radius 3 is 1.18 bits per heavy atom. The molecule has 1 aliphatic rings. The summed E-state index contributed by atoms with van der Waals surface area (Å²) < 4.78 is 7.08. The molecule has 0 N–H and O–H groups in total. The predicted octanol–water partition coefficient (Wildman–Crippen LogP) is 15.3. The van der Waals surface area contributed by atoms with Crippen LogP contribution >= 0.6 is 0 Å². The van der Waals surface area contributed by atoms with E-state index in [0.29, 0.717) is 0 Å². The molecular weight excluding hydrogens is 679 g/mol. The Balaban J connectivity index is 1.18. The summed E-state index contributed by atoms with van der Waals surface area (Å²) >= 11 is 0. The molecule has 0 spiro atoms. The standard InChI is InChI=1S/C54H37NO/c1-5-14-38(15-6-1)42-24-30-46(31-25-42)55(47-32-26-43(27-33-47)39-16-7-2-8-17-39)51-22-13-23-52-54(51)49-35-29-44(40-18-9-3-10-19-40)36-50(49)48-34-28-45(37-53(48)56-52)41-20-11-4-12-21-41/h1-37H. The summed E-state index contributed by atoms with van der Waals surface area (Å²) in [5.41, 5.74) is 16.8. The van der Waals surface area contributed by atoms with Crippen LogP contribution in [0.1, 0.15) is 0 Å². The Morgan fingerprint density at radius 1 is 0.268 bits per heavy atom. The molecule has 2 nitrogen and oxygen atoms in total. The van der Waals surface area contributed by atoms with Crippen molar-refractivity contribution in [2.24, 2.45) is 0 Å². The molecule has 0 radical (unpaired) electrons. The first-order chi connectivity index (χ1) is 27.8. The molecule has 0 atom stereocenters.